The molecule has 0 saturated carbocycles. The van der Waals surface area contributed by atoms with Gasteiger partial charge in [0.25, 0.3) is 0 Å². The lowest BCUT2D eigenvalue weighted by atomic mass is 10.1. The van der Waals surface area contributed by atoms with Crippen molar-refractivity contribution in [1.29, 1.82) is 0 Å². The molecule has 0 saturated heterocycles. The summed E-state index contributed by atoms with van der Waals surface area (Å²) in [5.41, 5.74) is 1.19. The fourth-order valence-corrected chi connectivity index (χ4v) is 1.92. The number of alkyl halides is 3. The Morgan fingerprint density at radius 2 is 1.58 bits per heavy atom. The van der Waals surface area contributed by atoms with Gasteiger partial charge < -0.3 is 4.74 Å². The summed E-state index contributed by atoms with van der Waals surface area (Å²) in [6, 6.07) is 8.50. The molecule has 0 aliphatic rings. The maximum absolute atomic E-state index is 12.0. The van der Waals surface area contributed by atoms with E-state index < -0.39 is 6.36 Å². The second kappa shape index (κ2) is 5.27. The van der Waals surface area contributed by atoms with Crippen molar-refractivity contribution in [2.45, 2.75) is 6.36 Å². The van der Waals surface area contributed by atoms with Crippen LogP contribution in [0.25, 0.3) is 11.1 Å². The van der Waals surface area contributed by atoms with Crippen molar-refractivity contribution in [1.82, 2.24) is 4.98 Å². The third-order valence-electron chi connectivity index (χ3n) is 2.21. The molecule has 0 fully saturated rings. The smallest absolute Gasteiger partial charge is 0.406 e. The van der Waals surface area contributed by atoms with Gasteiger partial charge >= 0.3 is 6.36 Å². The molecule has 0 bridgehead atoms. The Morgan fingerprint density at radius 3 is 2.11 bits per heavy atom. The van der Waals surface area contributed by atoms with Crippen molar-refractivity contribution >= 4 is 23.2 Å². The molecule has 0 spiro atoms. The summed E-state index contributed by atoms with van der Waals surface area (Å²) in [5.74, 6) is -0.297. The lowest BCUT2D eigenvalue weighted by Crippen LogP contribution is -2.16. The average molecular weight is 308 g/mol. The van der Waals surface area contributed by atoms with Gasteiger partial charge in [0.15, 0.2) is 0 Å². The van der Waals surface area contributed by atoms with E-state index in [0.29, 0.717) is 11.1 Å². The maximum Gasteiger partial charge on any atom is 0.573 e. The third kappa shape index (κ3) is 3.75. The van der Waals surface area contributed by atoms with Crippen LogP contribution in [0.1, 0.15) is 0 Å². The van der Waals surface area contributed by atoms with Gasteiger partial charge in [-0.1, -0.05) is 35.3 Å². The van der Waals surface area contributed by atoms with Gasteiger partial charge in [-0.25, -0.2) is 4.98 Å². The van der Waals surface area contributed by atoms with Crippen molar-refractivity contribution < 1.29 is 17.9 Å². The summed E-state index contributed by atoms with van der Waals surface area (Å²) >= 11 is 11.6. The topological polar surface area (TPSA) is 22.1 Å². The lowest BCUT2D eigenvalue weighted by Gasteiger charge is -2.09. The van der Waals surface area contributed by atoms with Crippen molar-refractivity contribution in [3.8, 4) is 16.9 Å². The van der Waals surface area contributed by atoms with E-state index in [1.54, 1.807) is 12.1 Å². The quantitative estimate of drug-likeness (QED) is 0.732. The Hall–Kier alpha value is -1.46. The number of hydrogen-bond acceptors (Lipinski definition) is 2. The normalized spacial score (nSPS) is 11.4. The Balaban J connectivity index is 2.27. The molecule has 2 aromatic rings. The van der Waals surface area contributed by atoms with Crippen LogP contribution in [0.3, 0.4) is 0 Å². The standard InChI is InChI=1S/C12H6Cl2F3NO/c13-10-6-5-9(11(14)18-10)7-1-3-8(4-2-7)19-12(15,16)17/h1-6H. The fraction of sp³-hybridized carbons (Fsp3) is 0.0833. The zero-order chi connectivity index (χ0) is 14.0. The van der Waals surface area contributed by atoms with Crippen molar-refractivity contribution in [2.24, 2.45) is 0 Å². The minimum Gasteiger partial charge on any atom is -0.406 e. The minimum atomic E-state index is -4.71. The number of aromatic nitrogens is 1. The Bertz CT molecular complexity index is 585. The second-order valence-corrected chi connectivity index (χ2v) is 4.29. The van der Waals surface area contributed by atoms with Crippen LogP contribution in [0, 0.1) is 0 Å². The molecule has 1 aromatic carbocycles. The van der Waals surface area contributed by atoms with Crippen LogP contribution in [0.15, 0.2) is 36.4 Å². The molecule has 19 heavy (non-hydrogen) atoms. The molecule has 0 aliphatic heterocycles. The van der Waals surface area contributed by atoms with Crippen molar-refractivity contribution in [3.63, 3.8) is 0 Å². The molecule has 0 atom stereocenters. The van der Waals surface area contributed by atoms with Gasteiger partial charge in [0.05, 0.1) is 0 Å². The molecule has 7 heteroatoms. The van der Waals surface area contributed by atoms with Gasteiger partial charge in [-0.2, -0.15) is 0 Å². The van der Waals surface area contributed by atoms with Crippen LogP contribution in [0.5, 0.6) is 5.75 Å². The van der Waals surface area contributed by atoms with Crippen LogP contribution < -0.4 is 4.74 Å². The summed E-state index contributed by atoms with van der Waals surface area (Å²) in [7, 11) is 0. The first-order valence-electron chi connectivity index (χ1n) is 5.03. The molecular weight excluding hydrogens is 302 g/mol. The summed E-state index contributed by atoms with van der Waals surface area (Å²) in [5, 5.41) is 0.419. The third-order valence-corrected chi connectivity index (χ3v) is 2.71. The maximum atomic E-state index is 12.0. The van der Waals surface area contributed by atoms with E-state index in [2.05, 4.69) is 9.72 Å². The van der Waals surface area contributed by atoms with Crippen LogP contribution in [0.4, 0.5) is 13.2 Å². The first kappa shape index (κ1) is 14.0. The van der Waals surface area contributed by atoms with Crippen LogP contribution in [-0.4, -0.2) is 11.3 Å². The largest absolute Gasteiger partial charge is 0.573 e. The number of hydrogen-bond donors (Lipinski definition) is 0. The molecule has 0 radical (unpaired) electrons. The van der Waals surface area contributed by atoms with Crippen molar-refractivity contribution in [2.75, 3.05) is 0 Å². The number of pyridine rings is 1. The lowest BCUT2D eigenvalue weighted by molar-refractivity contribution is -0.274. The average Bonchev–Trinajstić information content (AvgIpc) is 2.28. The highest BCUT2D eigenvalue weighted by molar-refractivity contribution is 6.34. The van der Waals surface area contributed by atoms with E-state index in [1.807, 2.05) is 0 Å². The van der Waals surface area contributed by atoms with Gasteiger partial charge in [0, 0.05) is 5.56 Å². The SMILES string of the molecule is FC(F)(F)Oc1ccc(-c2ccc(Cl)nc2Cl)cc1. The Kier molecular flexibility index (Phi) is 3.87. The van der Waals surface area contributed by atoms with Gasteiger partial charge in [-0.15, -0.1) is 13.2 Å². The highest BCUT2D eigenvalue weighted by Gasteiger charge is 2.30. The molecule has 0 aliphatic carbocycles. The van der Waals surface area contributed by atoms with E-state index in [-0.39, 0.29) is 16.1 Å². The molecule has 0 N–H and O–H groups in total. The number of nitrogens with zero attached hydrogens (tertiary/aromatic N) is 1. The predicted molar refractivity (Wildman–Crippen MR) is 66.4 cm³/mol. The first-order chi connectivity index (χ1) is 8.85. The van der Waals surface area contributed by atoms with Crippen LogP contribution >= 0.6 is 23.2 Å². The van der Waals surface area contributed by atoms with E-state index >= 15 is 0 Å². The van der Waals surface area contributed by atoms with E-state index in [9.17, 15) is 13.2 Å². The second-order valence-electron chi connectivity index (χ2n) is 3.54. The highest BCUT2D eigenvalue weighted by atomic mass is 35.5. The van der Waals surface area contributed by atoms with Crippen molar-refractivity contribution in [3.05, 3.63) is 46.7 Å². The molecule has 2 rings (SSSR count). The van der Waals surface area contributed by atoms with Gasteiger partial charge in [-0.3, -0.25) is 0 Å². The molecule has 1 heterocycles. The summed E-state index contributed by atoms with van der Waals surface area (Å²) in [4.78, 5) is 3.85. The van der Waals surface area contributed by atoms with E-state index in [0.717, 1.165) is 0 Å². The molecule has 100 valence electrons. The summed E-state index contributed by atoms with van der Waals surface area (Å²) in [6.07, 6.45) is -4.71. The predicted octanol–water partition coefficient (Wildman–Crippen LogP) is 4.95. The summed E-state index contributed by atoms with van der Waals surface area (Å²) in [6.45, 7) is 0. The highest BCUT2D eigenvalue weighted by Crippen LogP contribution is 2.30. The van der Waals surface area contributed by atoms with E-state index in [1.165, 1.54) is 24.3 Å². The zero-order valence-electron chi connectivity index (χ0n) is 9.21. The number of rotatable bonds is 2. The Labute approximate surface area is 116 Å². The molecule has 0 amide bonds. The Morgan fingerprint density at radius 1 is 0.947 bits per heavy atom. The summed E-state index contributed by atoms with van der Waals surface area (Å²) < 4.78 is 39.8. The van der Waals surface area contributed by atoms with Gasteiger partial charge in [0.2, 0.25) is 0 Å². The van der Waals surface area contributed by atoms with Gasteiger partial charge in [0.1, 0.15) is 16.1 Å². The molecule has 0 unspecified atom stereocenters. The van der Waals surface area contributed by atoms with Crippen LogP contribution in [0.2, 0.25) is 10.3 Å². The van der Waals surface area contributed by atoms with Gasteiger partial charge in [-0.05, 0) is 29.8 Å². The molecular formula is C12H6Cl2F3NO. The number of halogens is 5. The first-order valence-corrected chi connectivity index (χ1v) is 5.79. The fourth-order valence-electron chi connectivity index (χ4n) is 1.46. The van der Waals surface area contributed by atoms with Crippen LogP contribution in [-0.2, 0) is 0 Å². The molecule has 1 aromatic heterocycles. The van der Waals surface area contributed by atoms with E-state index in [4.69, 9.17) is 23.2 Å². The number of ether oxygens (including phenoxy) is 1. The molecule has 2 nitrogen and oxygen atoms in total. The minimum absolute atomic E-state index is 0.178. The monoisotopic (exact) mass is 307 g/mol. The zero-order valence-corrected chi connectivity index (χ0v) is 10.7. The number of benzene rings is 1.